The first-order valence-corrected chi connectivity index (χ1v) is 7.56. The van der Waals surface area contributed by atoms with Crippen molar-refractivity contribution in [3.05, 3.63) is 34.5 Å². The molecule has 0 bridgehead atoms. The number of nitrogens with zero attached hydrogens (tertiary/aromatic N) is 2. The molecule has 1 aliphatic rings. The van der Waals surface area contributed by atoms with E-state index < -0.39 is 11.4 Å². The van der Waals surface area contributed by atoms with E-state index in [9.17, 15) is 9.18 Å². The molecule has 1 saturated carbocycles. The van der Waals surface area contributed by atoms with Crippen molar-refractivity contribution in [1.29, 1.82) is 0 Å². The fraction of sp³-hybridized carbons (Fsp3) is 0.500. The van der Waals surface area contributed by atoms with Gasteiger partial charge in [-0.2, -0.15) is 0 Å². The van der Waals surface area contributed by atoms with Gasteiger partial charge >= 0.3 is 0 Å². The number of fused-ring (bicyclic) bond motifs is 1. The van der Waals surface area contributed by atoms with E-state index in [1.807, 2.05) is 0 Å². The summed E-state index contributed by atoms with van der Waals surface area (Å²) >= 11 is 0. The number of halogens is 2. The molecule has 2 heterocycles. The fourth-order valence-corrected chi connectivity index (χ4v) is 3.05. The topological polar surface area (TPSA) is 70.1 Å². The molecule has 23 heavy (non-hydrogen) atoms. The van der Waals surface area contributed by atoms with Gasteiger partial charge in [-0.25, -0.2) is 4.39 Å². The minimum Gasteiger partial charge on any atom is -0.486 e. The summed E-state index contributed by atoms with van der Waals surface area (Å²) in [6, 6.07) is 2.98. The molecule has 0 radical (unpaired) electrons. The van der Waals surface area contributed by atoms with Gasteiger partial charge in [0.05, 0.1) is 17.3 Å². The fourth-order valence-electron chi connectivity index (χ4n) is 3.05. The van der Waals surface area contributed by atoms with Crippen molar-refractivity contribution in [3.8, 4) is 5.75 Å². The molecule has 126 valence electrons. The average Bonchev–Trinajstić information content (AvgIpc) is 2.51. The lowest BCUT2D eigenvalue weighted by molar-refractivity contribution is 0.170. The van der Waals surface area contributed by atoms with Gasteiger partial charge in [0.2, 0.25) is 0 Å². The Hall–Kier alpha value is -1.66. The molecule has 5 nitrogen and oxygen atoms in total. The molecule has 0 unspecified atom stereocenters. The Morgan fingerprint density at radius 1 is 1.35 bits per heavy atom. The van der Waals surface area contributed by atoms with Crippen LogP contribution in [-0.2, 0) is 7.05 Å². The lowest BCUT2D eigenvalue weighted by atomic mass is 9.83. The van der Waals surface area contributed by atoms with Crippen LogP contribution in [0.4, 0.5) is 4.39 Å². The molecule has 7 heteroatoms. The molecule has 0 amide bonds. The van der Waals surface area contributed by atoms with Gasteiger partial charge in [0.1, 0.15) is 12.1 Å². The molecule has 0 saturated heterocycles. The van der Waals surface area contributed by atoms with Crippen molar-refractivity contribution in [3.63, 3.8) is 0 Å². The van der Waals surface area contributed by atoms with Crippen LogP contribution in [0.2, 0.25) is 0 Å². The minimum absolute atomic E-state index is 0. The Kier molecular flexibility index (Phi) is 5.26. The van der Waals surface area contributed by atoms with Crippen molar-refractivity contribution in [1.82, 2.24) is 9.55 Å². The van der Waals surface area contributed by atoms with Crippen molar-refractivity contribution >= 4 is 23.4 Å². The summed E-state index contributed by atoms with van der Waals surface area (Å²) in [6.45, 7) is 0.242. The molecule has 3 rings (SSSR count). The Bertz CT molecular complexity index is 757. The SMILES string of the molecule is Cl.Cn1c(=O)ccc2ncc(F)c(OCC3(N)CCCCC3)c21. The number of aromatic nitrogens is 2. The maximum atomic E-state index is 14.2. The van der Waals surface area contributed by atoms with Gasteiger partial charge in [0.15, 0.2) is 11.6 Å². The quantitative estimate of drug-likeness (QED) is 0.931. The van der Waals surface area contributed by atoms with Crippen LogP contribution in [0.1, 0.15) is 32.1 Å². The first-order chi connectivity index (χ1) is 10.5. The van der Waals surface area contributed by atoms with Crippen molar-refractivity contribution in [2.24, 2.45) is 12.8 Å². The molecule has 2 N–H and O–H groups in total. The van der Waals surface area contributed by atoms with Crippen LogP contribution in [0, 0.1) is 5.82 Å². The van der Waals surface area contributed by atoms with Gasteiger partial charge in [-0.15, -0.1) is 12.4 Å². The van der Waals surface area contributed by atoms with E-state index in [1.165, 1.54) is 17.1 Å². The summed E-state index contributed by atoms with van der Waals surface area (Å²) < 4.78 is 21.2. The first kappa shape index (κ1) is 17.7. The summed E-state index contributed by atoms with van der Waals surface area (Å²) in [4.78, 5) is 15.8. The van der Waals surface area contributed by atoms with Gasteiger partial charge in [0.25, 0.3) is 5.56 Å². The van der Waals surface area contributed by atoms with Gasteiger partial charge in [-0.05, 0) is 18.9 Å². The number of hydrogen-bond acceptors (Lipinski definition) is 4. The number of rotatable bonds is 3. The van der Waals surface area contributed by atoms with Gasteiger partial charge in [0, 0.05) is 13.1 Å². The summed E-state index contributed by atoms with van der Waals surface area (Å²) in [5.74, 6) is -0.520. The van der Waals surface area contributed by atoms with Crippen molar-refractivity contribution in [2.75, 3.05) is 6.61 Å². The van der Waals surface area contributed by atoms with Gasteiger partial charge in [-0.3, -0.25) is 9.78 Å². The maximum absolute atomic E-state index is 14.2. The van der Waals surface area contributed by atoms with E-state index in [0.29, 0.717) is 11.0 Å². The highest BCUT2D eigenvalue weighted by atomic mass is 35.5. The van der Waals surface area contributed by atoms with Crippen LogP contribution < -0.4 is 16.0 Å². The molecular weight excluding hydrogens is 321 g/mol. The predicted molar refractivity (Wildman–Crippen MR) is 89.7 cm³/mol. The zero-order valence-corrected chi connectivity index (χ0v) is 13.9. The van der Waals surface area contributed by atoms with Crippen LogP contribution in [0.5, 0.6) is 5.75 Å². The number of hydrogen-bond donors (Lipinski definition) is 1. The normalized spacial score (nSPS) is 16.8. The van der Waals surface area contributed by atoms with E-state index in [4.69, 9.17) is 10.5 Å². The van der Waals surface area contributed by atoms with Gasteiger partial charge in [-0.1, -0.05) is 19.3 Å². The zero-order chi connectivity index (χ0) is 15.7. The molecular formula is C16H21ClFN3O2. The maximum Gasteiger partial charge on any atom is 0.250 e. The van der Waals surface area contributed by atoms with Crippen LogP contribution in [0.3, 0.4) is 0 Å². The van der Waals surface area contributed by atoms with Crippen molar-refractivity contribution < 1.29 is 9.13 Å². The van der Waals surface area contributed by atoms with Crippen LogP contribution >= 0.6 is 12.4 Å². The summed E-state index contributed by atoms with van der Waals surface area (Å²) in [5.41, 5.74) is 6.57. The third-order valence-electron chi connectivity index (χ3n) is 4.39. The largest absolute Gasteiger partial charge is 0.486 e. The summed E-state index contributed by atoms with van der Waals surface area (Å²) in [6.07, 6.45) is 6.18. The highest BCUT2D eigenvalue weighted by Crippen LogP contribution is 2.30. The second-order valence-corrected chi connectivity index (χ2v) is 6.11. The van der Waals surface area contributed by atoms with E-state index >= 15 is 0 Å². The Balaban J connectivity index is 0.00000192. The van der Waals surface area contributed by atoms with E-state index in [1.54, 1.807) is 13.1 Å². The molecule has 0 spiro atoms. The smallest absolute Gasteiger partial charge is 0.250 e. The monoisotopic (exact) mass is 341 g/mol. The highest BCUT2D eigenvalue weighted by Gasteiger charge is 2.29. The summed E-state index contributed by atoms with van der Waals surface area (Å²) in [7, 11) is 1.58. The zero-order valence-electron chi connectivity index (χ0n) is 13.0. The number of aryl methyl sites for hydroxylation is 1. The number of pyridine rings is 2. The summed E-state index contributed by atoms with van der Waals surface area (Å²) in [5, 5.41) is 0. The molecule has 2 aromatic rings. The second kappa shape index (κ2) is 6.84. The molecule has 0 aliphatic heterocycles. The highest BCUT2D eigenvalue weighted by molar-refractivity contribution is 5.85. The van der Waals surface area contributed by atoms with Crippen LogP contribution in [-0.4, -0.2) is 21.7 Å². The van der Waals surface area contributed by atoms with Crippen LogP contribution in [0.25, 0.3) is 11.0 Å². The Morgan fingerprint density at radius 3 is 2.74 bits per heavy atom. The van der Waals surface area contributed by atoms with E-state index in [2.05, 4.69) is 4.98 Å². The second-order valence-electron chi connectivity index (χ2n) is 6.11. The van der Waals surface area contributed by atoms with Crippen LogP contribution in [0.15, 0.2) is 23.1 Å². The number of nitrogens with two attached hydrogens (primary N) is 1. The molecule has 2 aromatic heterocycles. The molecule has 1 fully saturated rings. The third kappa shape index (κ3) is 3.48. The first-order valence-electron chi connectivity index (χ1n) is 7.56. The van der Waals surface area contributed by atoms with Gasteiger partial charge < -0.3 is 15.0 Å². The van der Waals surface area contributed by atoms with E-state index in [-0.39, 0.29) is 30.3 Å². The lowest BCUT2D eigenvalue weighted by Crippen LogP contribution is -2.47. The molecule has 0 aromatic carbocycles. The Morgan fingerprint density at radius 2 is 2.04 bits per heavy atom. The standard InChI is InChI=1S/C16H20FN3O2.ClH/c1-20-13(21)6-5-12-14(20)15(11(17)9-19-12)22-10-16(18)7-3-2-4-8-16;/h5-6,9H,2-4,7-8,10,18H2,1H3;1H. The average molecular weight is 342 g/mol. The molecule has 1 aliphatic carbocycles. The minimum atomic E-state index is -0.576. The lowest BCUT2D eigenvalue weighted by Gasteiger charge is -2.33. The predicted octanol–water partition coefficient (Wildman–Crippen LogP) is 2.53. The third-order valence-corrected chi connectivity index (χ3v) is 4.39. The van der Waals surface area contributed by atoms with Crippen molar-refractivity contribution in [2.45, 2.75) is 37.6 Å². The molecule has 0 atom stereocenters. The van der Waals surface area contributed by atoms with E-state index in [0.717, 1.165) is 31.9 Å². The Labute approximate surface area is 140 Å². The number of ether oxygens (including phenoxy) is 1.